The summed E-state index contributed by atoms with van der Waals surface area (Å²) < 4.78 is 0. The molecule has 0 aliphatic heterocycles. The Balaban J connectivity index is 2.18. The minimum Gasteiger partial charge on any atom is -0.299 e. The smallest absolute Gasteiger partial charge is 0.135 e. The van der Waals surface area contributed by atoms with Crippen molar-refractivity contribution in [3.05, 3.63) is 12.7 Å². The van der Waals surface area contributed by atoms with E-state index in [9.17, 15) is 4.79 Å². The first kappa shape index (κ1) is 13.5. The van der Waals surface area contributed by atoms with Crippen LogP contribution >= 0.6 is 0 Å². The molecule has 1 rings (SSSR count). The molecule has 0 spiro atoms. The standard InChI is InChI=1S/C15H26O/c1-3-5-6-7-8-9-14-12-13(4-2)10-11-15(14)16/h3,13-14H,1,4-12H2,2H3. The lowest BCUT2D eigenvalue weighted by Gasteiger charge is -2.27. The summed E-state index contributed by atoms with van der Waals surface area (Å²) in [4.78, 5) is 11.8. The highest BCUT2D eigenvalue weighted by molar-refractivity contribution is 5.81. The molecule has 2 unspecified atom stereocenters. The fourth-order valence-electron chi connectivity index (χ4n) is 2.71. The zero-order valence-corrected chi connectivity index (χ0v) is 10.7. The van der Waals surface area contributed by atoms with Gasteiger partial charge in [-0.2, -0.15) is 0 Å². The van der Waals surface area contributed by atoms with Crippen LogP contribution in [0, 0.1) is 11.8 Å². The molecule has 0 heterocycles. The summed E-state index contributed by atoms with van der Waals surface area (Å²) in [5.41, 5.74) is 0. The summed E-state index contributed by atoms with van der Waals surface area (Å²) >= 11 is 0. The van der Waals surface area contributed by atoms with E-state index in [1.165, 1.54) is 25.7 Å². The summed E-state index contributed by atoms with van der Waals surface area (Å²) in [5, 5.41) is 0. The zero-order chi connectivity index (χ0) is 11.8. The summed E-state index contributed by atoms with van der Waals surface area (Å²) in [6.07, 6.45) is 12.4. The first-order chi connectivity index (χ1) is 7.77. The van der Waals surface area contributed by atoms with E-state index in [0.717, 1.165) is 38.0 Å². The van der Waals surface area contributed by atoms with Crippen molar-refractivity contribution in [2.24, 2.45) is 11.8 Å². The molecule has 1 fully saturated rings. The molecule has 0 N–H and O–H groups in total. The van der Waals surface area contributed by atoms with Gasteiger partial charge in [-0.05, 0) is 38.0 Å². The Morgan fingerprint density at radius 1 is 1.38 bits per heavy atom. The van der Waals surface area contributed by atoms with Crippen LogP contribution in [0.15, 0.2) is 12.7 Å². The lowest BCUT2D eigenvalue weighted by Crippen LogP contribution is -2.24. The van der Waals surface area contributed by atoms with Gasteiger partial charge in [0, 0.05) is 12.3 Å². The van der Waals surface area contributed by atoms with Crippen molar-refractivity contribution in [1.29, 1.82) is 0 Å². The number of hydrogen-bond acceptors (Lipinski definition) is 1. The molecule has 1 nitrogen and oxygen atoms in total. The Bertz CT molecular complexity index is 219. The van der Waals surface area contributed by atoms with Gasteiger partial charge in [0.1, 0.15) is 5.78 Å². The predicted molar refractivity (Wildman–Crippen MR) is 69.4 cm³/mol. The molecule has 1 aliphatic carbocycles. The monoisotopic (exact) mass is 222 g/mol. The Kier molecular flexibility index (Phi) is 6.44. The van der Waals surface area contributed by atoms with E-state index in [4.69, 9.17) is 0 Å². The van der Waals surface area contributed by atoms with Crippen molar-refractivity contribution < 1.29 is 4.79 Å². The molecule has 0 aromatic carbocycles. The quantitative estimate of drug-likeness (QED) is 0.457. The van der Waals surface area contributed by atoms with E-state index in [-0.39, 0.29) is 0 Å². The van der Waals surface area contributed by atoms with Crippen molar-refractivity contribution in [2.75, 3.05) is 0 Å². The topological polar surface area (TPSA) is 17.1 Å². The fraction of sp³-hybridized carbons (Fsp3) is 0.800. The van der Waals surface area contributed by atoms with Crippen molar-refractivity contribution in [3.8, 4) is 0 Å². The molecule has 1 saturated carbocycles. The molecule has 1 aliphatic rings. The maximum atomic E-state index is 11.8. The van der Waals surface area contributed by atoms with Crippen molar-refractivity contribution >= 4 is 5.78 Å². The maximum Gasteiger partial charge on any atom is 0.135 e. The van der Waals surface area contributed by atoms with Gasteiger partial charge in [0.2, 0.25) is 0 Å². The normalized spacial score (nSPS) is 25.7. The summed E-state index contributed by atoms with van der Waals surface area (Å²) in [6, 6.07) is 0. The summed E-state index contributed by atoms with van der Waals surface area (Å²) in [6.45, 7) is 5.98. The minimum absolute atomic E-state index is 0.391. The van der Waals surface area contributed by atoms with E-state index in [1.807, 2.05) is 6.08 Å². The number of rotatable bonds is 7. The Morgan fingerprint density at radius 2 is 2.19 bits per heavy atom. The predicted octanol–water partition coefficient (Wildman–Crippen LogP) is 4.52. The highest BCUT2D eigenvalue weighted by Crippen LogP contribution is 2.31. The van der Waals surface area contributed by atoms with Crippen LogP contribution in [0.25, 0.3) is 0 Å². The van der Waals surface area contributed by atoms with Gasteiger partial charge in [-0.3, -0.25) is 4.79 Å². The van der Waals surface area contributed by atoms with Gasteiger partial charge in [0.05, 0.1) is 0 Å². The molecule has 0 radical (unpaired) electrons. The Labute approximate surface area is 100 Å². The molecule has 2 atom stereocenters. The van der Waals surface area contributed by atoms with Crippen LogP contribution in [-0.4, -0.2) is 5.78 Å². The van der Waals surface area contributed by atoms with Gasteiger partial charge in [-0.1, -0.05) is 32.3 Å². The molecule has 1 heteroatoms. The molecule has 0 aromatic rings. The van der Waals surface area contributed by atoms with E-state index >= 15 is 0 Å². The van der Waals surface area contributed by atoms with Crippen LogP contribution in [0.5, 0.6) is 0 Å². The number of allylic oxidation sites excluding steroid dienone is 1. The average Bonchev–Trinajstić information content (AvgIpc) is 2.31. The molecule has 0 bridgehead atoms. The number of Topliss-reactive ketones (excluding diaryl/α,β-unsaturated/α-hetero) is 1. The summed E-state index contributed by atoms with van der Waals surface area (Å²) in [5.74, 6) is 1.74. The third-order valence-corrected chi connectivity index (χ3v) is 3.91. The zero-order valence-electron chi connectivity index (χ0n) is 10.7. The van der Waals surface area contributed by atoms with Gasteiger partial charge in [0.15, 0.2) is 0 Å². The van der Waals surface area contributed by atoms with Gasteiger partial charge < -0.3 is 0 Å². The van der Waals surface area contributed by atoms with Gasteiger partial charge in [-0.25, -0.2) is 0 Å². The van der Waals surface area contributed by atoms with Crippen LogP contribution in [-0.2, 0) is 4.79 Å². The Hall–Kier alpha value is -0.590. The second-order valence-electron chi connectivity index (χ2n) is 5.14. The van der Waals surface area contributed by atoms with E-state index in [1.54, 1.807) is 0 Å². The van der Waals surface area contributed by atoms with Crippen LogP contribution in [0.3, 0.4) is 0 Å². The number of ketones is 1. The largest absolute Gasteiger partial charge is 0.299 e. The number of unbranched alkanes of at least 4 members (excludes halogenated alkanes) is 3. The molecule has 0 amide bonds. The molecule has 16 heavy (non-hydrogen) atoms. The third kappa shape index (κ3) is 4.51. The van der Waals surface area contributed by atoms with E-state index in [0.29, 0.717) is 11.7 Å². The number of carbonyl (C=O) groups is 1. The van der Waals surface area contributed by atoms with Crippen molar-refractivity contribution in [3.63, 3.8) is 0 Å². The number of hydrogen-bond donors (Lipinski definition) is 0. The van der Waals surface area contributed by atoms with E-state index < -0.39 is 0 Å². The highest BCUT2D eigenvalue weighted by Gasteiger charge is 2.26. The highest BCUT2D eigenvalue weighted by atomic mass is 16.1. The fourth-order valence-corrected chi connectivity index (χ4v) is 2.71. The minimum atomic E-state index is 0.391. The average molecular weight is 222 g/mol. The van der Waals surface area contributed by atoms with Crippen molar-refractivity contribution in [1.82, 2.24) is 0 Å². The molecule has 0 aromatic heterocycles. The van der Waals surface area contributed by atoms with Crippen LogP contribution in [0.2, 0.25) is 0 Å². The lowest BCUT2D eigenvalue weighted by molar-refractivity contribution is -0.125. The summed E-state index contributed by atoms with van der Waals surface area (Å²) in [7, 11) is 0. The van der Waals surface area contributed by atoms with Crippen LogP contribution in [0.4, 0.5) is 0 Å². The molecule has 92 valence electrons. The van der Waals surface area contributed by atoms with Crippen LogP contribution in [0.1, 0.15) is 64.7 Å². The number of carbonyl (C=O) groups excluding carboxylic acids is 1. The Morgan fingerprint density at radius 3 is 2.88 bits per heavy atom. The van der Waals surface area contributed by atoms with Gasteiger partial charge in [-0.15, -0.1) is 6.58 Å². The van der Waals surface area contributed by atoms with E-state index in [2.05, 4.69) is 13.5 Å². The van der Waals surface area contributed by atoms with Gasteiger partial charge >= 0.3 is 0 Å². The SMILES string of the molecule is C=CCCCCCC1CC(CC)CCC1=O. The molecular weight excluding hydrogens is 196 g/mol. The lowest BCUT2D eigenvalue weighted by atomic mass is 9.77. The third-order valence-electron chi connectivity index (χ3n) is 3.91. The second-order valence-corrected chi connectivity index (χ2v) is 5.14. The first-order valence-electron chi connectivity index (χ1n) is 6.91. The van der Waals surface area contributed by atoms with Crippen molar-refractivity contribution in [2.45, 2.75) is 64.7 Å². The maximum absolute atomic E-state index is 11.8. The van der Waals surface area contributed by atoms with Gasteiger partial charge in [0.25, 0.3) is 0 Å². The molecular formula is C15H26O. The van der Waals surface area contributed by atoms with Crippen LogP contribution < -0.4 is 0 Å². The second kappa shape index (κ2) is 7.65. The first-order valence-corrected chi connectivity index (χ1v) is 6.91. The molecule has 0 saturated heterocycles.